The molecule has 1 heterocycles. The van der Waals surface area contributed by atoms with E-state index in [4.69, 9.17) is 5.11 Å². The highest BCUT2D eigenvalue weighted by Gasteiger charge is 2.24. The van der Waals surface area contributed by atoms with Crippen LogP contribution in [0.2, 0.25) is 0 Å². The van der Waals surface area contributed by atoms with Gasteiger partial charge in [-0.3, -0.25) is 9.59 Å². The van der Waals surface area contributed by atoms with E-state index in [2.05, 4.69) is 5.32 Å². The molecule has 1 saturated carbocycles. The highest BCUT2D eigenvalue weighted by molar-refractivity contribution is 8.00. The average molecular weight is 328 g/mol. The van der Waals surface area contributed by atoms with Crippen LogP contribution in [0.4, 0.5) is 0 Å². The van der Waals surface area contributed by atoms with Gasteiger partial charge in [0.05, 0.1) is 12.3 Å². The summed E-state index contributed by atoms with van der Waals surface area (Å²) in [5.41, 5.74) is 0. The molecule has 2 rings (SSSR count). The van der Waals surface area contributed by atoms with E-state index >= 15 is 0 Å². The predicted octanol–water partition coefficient (Wildman–Crippen LogP) is 1.28. The topological polar surface area (TPSA) is 86.7 Å². The monoisotopic (exact) mass is 328 g/mol. The molecule has 0 bridgehead atoms. The maximum absolute atomic E-state index is 11.9. The molecule has 114 valence electrons. The van der Waals surface area contributed by atoms with Crippen LogP contribution in [0, 0.1) is 0 Å². The fourth-order valence-corrected chi connectivity index (χ4v) is 3.38. The summed E-state index contributed by atoms with van der Waals surface area (Å²) in [5, 5.41) is 13.4. The van der Waals surface area contributed by atoms with Crippen LogP contribution >= 0.6 is 23.1 Å². The van der Waals surface area contributed by atoms with Crippen LogP contribution in [-0.2, 0) is 9.59 Å². The summed E-state index contributed by atoms with van der Waals surface area (Å²) in [7, 11) is 1.59. The number of carboxylic acid groups (broad SMARTS) is 1. The van der Waals surface area contributed by atoms with Crippen LogP contribution < -0.4 is 5.32 Å². The molecular weight excluding hydrogens is 312 g/mol. The third kappa shape index (κ3) is 5.05. The molecule has 0 aromatic carbocycles. The Hall–Kier alpha value is -1.54. The summed E-state index contributed by atoms with van der Waals surface area (Å²) in [6.45, 7) is 0.0555. The van der Waals surface area contributed by atoms with Crippen molar-refractivity contribution in [3.63, 3.8) is 0 Å². The predicted molar refractivity (Wildman–Crippen MR) is 80.8 cm³/mol. The number of thiophene rings is 1. The zero-order chi connectivity index (χ0) is 15.4. The van der Waals surface area contributed by atoms with E-state index < -0.39 is 5.97 Å². The summed E-state index contributed by atoms with van der Waals surface area (Å²) >= 11 is 2.41. The molecule has 1 aromatic heterocycles. The lowest BCUT2D eigenvalue weighted by atomic mass is 10.4. The van der Waals surface area contributed by atoms with Crippen molar-refractivity contribution in [2.24, 2.45) is 0 Å². The van der Waals surface area contributed by atoms with Gasteiger partial charge in [0, 0.05) is 23.4 Å². The smallest absolute Gasteiger partial charge is 0.345 e. The lowest BCUT2D eigenvalue weighted by Crippen LogP contribution is -2.39. The van der Waals surface area contributed by atoms with Crippen LogP contribution in [0.3, 0.4) is 0 Å². The molecule has 0 radical (unpaired) electrons. The van der Waals surface area contributed by atoms with Crippen LogP contribution in [-0.4, -0.2) is 53.2 Å². The van der Waals surface area contributed by atoms with Gasteiger partial charge in [0.2, 0.25) is 11.8 Å². The Kier molecular flexibility index (Phi) is 5.24. The number of hydrogen-bond acceptors (Lipinski definition) is 5. The van der Waals surface area contributed by atoms with Gasteiger partial charge in [-0.1, -0.05) is 0 Å². The summed E-state index contributed by atoms with van der Waals surface area (Å²) in [5.74, 6) is -1.08. The molecule has 6 nitrogen and oxygen atoms in total. The van der Waals surface area contributed by atoms with Gasteiger partial charge in [0.25, 0.3) is 0 Å². The van der Waals surface area contributed by atoms with Crippen molar-refractivity contribution >= 4 is 40.9 Å². The molecule has 0 saturated heterocycles. The molecule has 0 unspecified atom stereocenters. The van der Waals surface area contributed by atoms with E-state index in [1.54, 1.807) is 18.5 Å². The molecule has 1 aliphatic rings. The number of carbonyl (C=O) groups is 3. The lowest BCUT2D eigenvalue weighted by molar-refractivity contribution is -0.132. The number of nitrogens with zero attached hydrogens (tertiary/aromatic N) is 1. The first-order chi connectivity index (χ1) is 9.95. The van der Waals surface area contributed by atoms with Crippen LogP contribution in [0.15, 0.2) is 16.3 Å². The van der Waals surface area contributed by atoms with Crippen molar-refractivity contribution in [2.45, 2.75) is 23.8 Å². The van der Waals surface area contributed by atoms with Crippen molar-refractivity contribution in [1.29, 1.82) is 0 Å². The van der Waals surface area contributed by atoms with Gasteiger partial charge in [0.1, 0.15) is 4.88 Å². The van der Waals surface area contributed by atoms with Gasteiger partial charge >= 0.3 is 5.97 Å². The minimum absolute atomic E-state index is 0.0555. The summed E-state index contributed by atoms with van der Waals surface area (Å²) < 4.78 is 0. The van der Waals surface area contributed by atoms with Crippen LogP contribution in [0.1, 0.15) is 22.5 Å². The standard InChI is InChI=1S/C13H16N2O4S2/c1-15(5-11(16)14-8-2-3-8)12(17)7-20-9-4-10(13(18)19)21-6-9/h4,6,8H,2-3,5,7H2,1H3,(H,14,16)(H,18,19). The van der Waals surface area contributed by atoms with Gasteiger partial charge in [-0.25, -0.2) is 4.79 Å². The molecule has 0 aliphatic heterocycles. The Bertz CT molecular complexity index is 554. The third-order valence-electron chi connectivity index (χ3n) is 2.90. The molecule has 0 atom stereocenters. The third-order valence-corrected chi connectivity index (χ3v) is 4.93. The lowest BCUT2D eigenvalue weighted by Gasteiger charge is -2.16. The number of carbonyl (C=O) groups excluding carboxylic acids is 2. The fourth-order valence-electron chi connectivity index (χ4n) is 1.57. The van der Waals surface area contributed by atoms with E-state index in [0.29, 0.717) is 0 Å². The van der Waals surface area contributed by atoms with Gasteiger partial charge in [-0.15, -0.1) is 23.1 Å². The minimum Gasteiger partial charge on any atom is -0.477 e. The molecule has 8 heteroatoms. The Labute approximate surface area is 130 Å². The van der Waals surface area contributed by atoms with Gasteiger partial charge < -0.3 is 15.3 Å². The van der Waals surface area contributed by atoms with Crippen LogP contribution in [0.5, 0.6) is 0 Å². The highest BCUT2D eigenvalue weighted by atomic mass is 32.2. The summed E-state index contributed by atoms with van der Waals surface area (Å²) in [4.78, 5) is 36.6. The molecule has 1 aliphatic carbocycles. The van der Waals surface area contributed by atoms with E-state index in [9.17, 15) is 14.4 Å². The fraction of sp³-hybridized carbons (Fsp3) is 0.462. The quantitative estimate of drug-likeness (QED) is 0.736. The van der Waals surface area contributed by atoms with Crippen molar-refractivity contribution < 1.29 is 19.5 Å². The van der Waals surface area contributed by atoms with Gasteiger partial charge in [-0.05, 0) is 18.9 Å². The molecule has 2 amide bonds. The first kappa shape index (κ1) is 15.8. The van der Waals surface area contributed by atoms with Gasteiger partial charge in [0.15, 0.2) is 0 Å². The number of carboxylic acids is 1. The first-order valence-electron chi connectivity index (χ1n) is 6.43. The van der Waals surface area contributed by atoms with E-state index in [1.807, 2.05) is 0 Å². The maximum atomic E-state index is 11.9. The largest absolute Gasteiger partial charge is 0.477 e. The molecule has 0 spiro atoms. The number of rotatable bonds is 7. The second-order valence-corrected chi connectivity index (χ2v) is 6.79. The van der Waals surface area contributed by atoms with E-state index in [-0.39, 0.29) is 35.0 Å². The Morgan fingerprint density at radius 3 is 2.76 bits per heavy atom. The van der Waals surface area contributed by atoms with Gasteiger partial charge in [-0.2, -0.15) is 0 Å². The number of amides is 2. The van der Waals surface area contributed by atoms with Crippen molar-refractivity contribution in [1.82, 2.24) is 10.2 Å². The molecule has 1 aromatic rings. The second kappa shape index (κ2) is 6.95. The number of thioether (sulfide) groups is 1. The normalized spacial score (nSPS) is 13.8. The summed E-state index contributed by atoms with van der Waals surface area (Å²) in [6, 6.07) is 1.83. The highest BCUT2D eigenvalue weighted by Crippen LogP contribution is 2.25. The first-order valence-corrected chi connectivity index (χ1v) is 8.30. The zero-order valence-corrected chi connectivity index (χ0v) is 13.1. The molecule has 2 N–H and O–H groups in total. The maximum Gasteiger partial charge on any atom is 0.345 e. The molecule has 21 heavy (non-hydrogen) atoms. The average Bonchev–Trinajstić information content (AvgIpc) is 3.09. The SMILES string of the molecule is CN(CC(=O)NC1CC1)C(=O)CSc1csc(C(=O)O)c1. The van der Waals surface area contributed by atoms with Crippen molar-refractivity contribution in [3.8, 4) is 0 Å². The number of aromatic carboxylic acids is 1. The van der Waals surface area contributed by atoms with Crippen molar-refractivity contribution in [2.75, 3.05) is 19.3 Å². The Morgan fingerprint density at radius 2 is 2.19 bits per heavy atom. The number of nitrogens with one attached hydrogen (secondary N) is 1. The van der Waals surface area contributed by atoms with Crippen molar-refractivity contribution in [3.05, 3.63) is 16.3 Å². The zero-order valence-electron chi connectivity index (χ0n) is 11.5. The second-order valence-electron chi connectivity index (χ2n) is 4.83. The molecule has 1 fully saturated rings. The molecular formula is C13H16N2O4S2. The number of hydrogen-bond donors (Lipinski definition) is 2. The van der Waals surface area contributed by atoms with E-state index in [0.717, 1.165) is 29.1 Å². The summed E-state index contributed by atoms with van der Waals surface area (Å²) in [6.07, 6.45) is 2.03. The Morgan fingerprint density at radius 1 is 1.48 bits per heavy atom. The van der Waals surface area contributed by atoms with Crippen LogP contribution in [0.25, 0.3) is 0 Å². The minimum atomic E-state index is -0.966. The number of likely N-dealkylation sites (N-methyl/N-ethyl adjacent to an activating group) is 1. The Balaban J connectivity index is 1.74. The van der Waals surface area contributed by atoms with E-state index in [1.165, 1.54) is 16.7 Å².